The third-order valence-corrected chi connectivity index (χ3v) is 5.47. The van der Waals surface area contributed by atoms with Gasteiger partial charge in [0.2, 0.25) is 11.8 Å². The Morgan fingerprint density at radius 1 is 1.00 bits per heavy atom. The van der Waals surface area contributed by atoms with E-state index in [0.717, 1.165) is 33.8 Å². The molecule has 9 nitrogen and oxygen atoms in total. The monoisotopic (exact) mass is 431 g/mol. The fraction of sp³-hybridized carbons (Fsp3) is 0.174. The summed E-state index contributed by atoms with van der Waals surface area (Å²) in [6, 6.07) is 12.8. The van der Waals surface area contributed by atoms with Gasteiger partial charge >= 0.3 is 0 Å². The molecule has 0 fully saturated rings. The van der Waals surface area contributed by atoms with E-state index in [2.05, 4.69) is 25.5 Å². The Labute approximate surface area is 184 Å². The zero-order valence-corrected chi connectivity index (χ0v) is 17.7. The number of aromatic amines is 1. The molecule has 2 aromatic heterocycles. The Morgan fingerprint density at radius 3 is 2.56 bits per heavy atom. The van der Waals surface area contributed by atoms with Crippen LogP contribution in [0.4, 0.5) is 11.5 Å². The first-order valence-corrected chi connectivity index (χ1v) is 9.94. The zero-order chi connectivity index (χ0) is 22.2. The number of rotatable bonds is 5. The number of nitrogens with one attached hydrogen (secondary N) is 2. The second-order valence-corrected chi connectivity index (χ2v) is 7.33. The molecule has 9 heteroatoms. The van der Waals surface area contributed by atoms with E-state index in [9.17, 15) is 5.11 Å². The maximum absolute atomic E-state index is 10.1. The standard InChI is InChI=1S/C23H21N5O4/c1-12-18-19(13-4-9-16(29)17(10-13)31-3)20-21(26-14-5-7-15(30-2)8-6-14)24-11-25-22(20)32-23(18)28-27-12/h4-11,19,29H,1-3H3,(H,27,28)(H,24,25,26). The van der Waals surface area contributed by atoms with Gasteiger partial charge in [0.1, 0.15) is 17.9 Å². The van der Waals surface area contributed by atoms with Crippen molar-refractivity contribution < 1.29 is 19.3 Å². The lowest BCUT2D eigenvalue weighted by Gasteiger charge is -2.27. The largest absolute Gasteiger partial charge is 0.504 e. The third-order valence-electron chi connectivity index (χ3n) is 5.47. The molecule has 1 unspecified atom stereocenters. The highest BCUT2D eigenvalue weighted by Gasteiger charge is 2.36. The Bertz CT molecular complexity index is 1290. The number of methoxy groups -OCH3 is 2. The highest BCUT2D eigenvalue weighted by molar-refractivity contribution is 5.69. The number of phenolic OH excluding ortho intramolecular Hbond substituents is 1. The summed E-state index contributed by atoms with van der Waals surface area (Å²) in [5.74, 6) is 2.37. The average molecular weight is 431 g/mol. The topological polar surface area (TPSA) is 114 Å². The number of hydrogen-bond acceptors (Lipinski definition) is 8. The van der Waals surface area contributed by atoms with Crippen molar-refractivity contribution in [3.8, 4) is 29.0 Å². The number of aromatic hydroxyl groups is 1. The highest BCUT2D eigenvalue weighted by atomic mass is 16.5. The first-order chi connectivity index (χ1) is 15.6. The number of nitrogens with zero attached hydrogens (tertiary/aromatic N) is 3. The van der Waals surface area contributed by atoms with Crippen molar-refractivity contribution in [1.82, 2.24) is 20.2 Å². The maximum atomic E-state index is 10.1. The minimum atomic E-state index is -0.302. The van der Waals surface area contributed by atoms with E-state index in [4.69, 9.17) is 14.2 Å². The predicted octanol–water partition coefficient (Wildman–Crippen LogP) is 4.26. The van der Waals surface area contributed by atoms with Crippen LogP contribution in [0.25, 0.3) is 0 Å². The number of ether oxygens (including phenoxy) is 3. The Kier molecular flexibility index (Phi) is 4.78. The molecule has 0 saturated carbocycles. The molecule has 5 rings (SSSR count). The Morgan fingerprint density at radius 2 is 1.81 bits per heavy atom. The fourth-order valence-corrected chi connectivity index (χ4v) is 3.91. The van der Waals surface area contributed by atoms with Crippen LogP contribution < -0.4 is 19.5 Å². The summed E-state index contributed by atoms with van der Waals surface area (Å²) in [7, 11) is 3.15. The number of phenols is 1. The quantitative estimate of drug-likeness (QED) is 0.378. The van der Waals surface area contributed by atoms with Gasteiger partial charge in [0.05, 0.1) is 25.7 Å². The van der Waals surface area contributed by atoms with Crippen LogP contribution in [-0.2, 0) is 0 Å². The molecule has 162 valence electrons. The molecule has 0 radical (unpaired) electrons. The van der Waals surface area contributed by atoms with Crippen LogP contribution in [0, 0.1) is 6.92 Å². The fourth-order valence-electron chi connectivity index (χ4n) is 3.91. The van der Waals surface area contributed by atoms with Gasteiger partial charge in [0.15, 0.2) is 11.5 Å². The summed E-state index contributed by atoms with van der Waals surface area (Å²) < 4.78 is 16.6. The molecule has 0 amide bonds. The number of aromatic nitrogens is 4. The molecule has 0 spiro atoms. The number of hydrogen-bond donors (Lipinski definition) is 3. The number of fused-ring (bicyclic) bond motifs is 2. The van der Waals surface area contributed by atoms with Gasteiger partial charge < -0.3 is 24.6 Å². The zero-order valence-electron chi connectivity index (χ0n) is 17.7. The predicted molar refractivity (Wildman–Crippen MR) is 117 cm³/mol. The van der Waals surface area contributed by atoms with Crippen LogP contribution in [0.3, 0.4) is 0 Å². The summed E-state index contributed by atoms with van der Waals surface area (Å²) in [5.41, 5.74) is 4.21. The van der Waals surface area contributed by atoms with E-state index in [1.165, 1.54) is 13.4 Å². The molecular formula is C23H21N5O4. The van der Waals surface area contributed by atoms with Gasteiger partial charge in [-0.2, -0.15) is 0 Å². The van der Waals surface area contributed by atoms with Gasteiger partial charge in [-0.1, -0.05) is 6.07 Å². The van der Waals surface area contributed by atoms with Crippen LogP contribution in [0.5, 0.6) is 29.0 Å². The molecule has 0 saturated heterocycles. The van der Waals surface area contributed by atoms with E-state index < -0.39 is 0 Å². The summed E-state index contributed by atoms with van der Waals surface area (Å²) in [6.45, 7) is 1.94. The van der Waals surface area contributed by atoms with Gasteiger partial charge in [-0.25, -0.2) is 9.97 Å². The second-order valence-electron chi connectivity index (χ2n) is 7.33. The molecule has 4 aromatic rings. The van der Waals surface area contributed by atoms with Gasteiger partial charge in [0, 0.05) is 16.9 Å². The van der Waals surface area contributed by atoms with Crippen molar-refractivity contribution >= 4 is 11.5 Å². The Balaban J connectivity index is 1.67. The van der Waals surface area contributed by atoms with Crippen molar-refractivity contribution in [3.63, 3.8) is 0 Å². The van der Waals surface area contributed by atoms with Crippen LogP contribution in [0.15, 0.2) is 48.8 Å². The van der Waals surface area contributed by atoms with Gasteiger partial charge in [-0.05, 0) is 48.9 Å². The number of benzene rings is 2. The van der Waals surface area contributed by atoms with E-state index in [1.54, 1.807) is 19.2 Å². The molecule has 0 bridgehead atoms. The normalized spacial score (nSPS) is 14.2. The second kappa shape index (κ2) is 7.77. The van der Waals surface area contributed by atoms with E-state index >= 15 is 0 Å². The molecule has 3 N–H and O–H groups in total. The van der Waals surface area contributed by atoms with Crippen molar-refractivity contribution in [2.24, 2.45) is 0 Å². The van der Waals surface area contributed by atoms with E-state index in [-0.39, 0.29) is 11.7 Å². The van der Waals surface area contributed by atoms with Crippen LogP contribution >= 0.6 is 0 Å². The first kappa shape index (κ1) is 19.7. The molecule has 1 aliphatic rings. The third kappa shape index (κ3) is 3.24. The SMILES string of the molecule is COc1ccc(Nc2ncnc3c2C(c2ccc(O)c(OC)c2)c2c(n[nH]c2C)O3)cc1. The molecule has 2 aromatic carbocycles. The molecule has 1 aliphatic heterocycles. The van der Waals surface area contributed by atoms with Crippen LogP contribution in [0.1, 0.15) is 28.3 Å². The van der Waals surface area contributed by atoms with Gasteiger partial charge in [-0.15, -0.1) is 5.10 Å². The summed E-state index contributed by atoms with van der Waals surface area (Å²) in [6.07, 6.45) is 1.45. The first-order valence-electron chi connectivity index (χ1n) is 9.94. The molecule has 32 heavy (non-hydrogen) atoms. The van der Waals surface area contributed by atoms with E-state index in [0.29, 0.717) is 23.3 Å². The Hall–Kier alpha value is -4.27. The van der Waals surface area contributed by atoms with Crippen LogP contribution in [0.2, 0.25) is 0 Å². The summed E-state index contributed by atoms with van der Waals surface area (Å²) in [5, 5.41) is 20.8. The van der Waals surface area contributed by atoms with Gasteiger partial charge in [0.25, 0.3) is 0 Å². The number of H-pyrrole nitrogens is 1. The molecular weight excluding hydrogens is 410 g/mol. The van der Waals surface area contributed by atoms with Crippen LogP contribution in [-0.4, -0.2) is 39.5 Å². The summed E-state index contributed by atoms with van der Waals surface area (Å²) >= 11 is 0. The van der Waals surface area contributed by atoms with Crippen molar-refractivity contribution in [2.75, 3.05) is 19.5 Å². The van der Waals surface area contributed by atoms with E-state index in [1.807, 2.05) is 37.3 Å². The summed E-state index contributed by atoms with van der Waals surface area (Å²) in [4.78, 5) is 8.87. The smallest absolute Gasteiger partial charge is 0.244 e. The highest BCUT2D eigenvalue weighted by Crippen LogP contribution is 2.50. The van der Waals surface area contributed by atoms with Crippen molar-refractivity contribution in [1.29, 1.82) is 0 Å². The molecule has 3 heterocycles. The average Bonchev–Trinajstić information content (AvgIpc) is 3.19. The number of aryl methyl sites for hydroxylation is 1. The molecule has 1 atom stereocenters. The minimum absolute atomic E-state index is 0.0635. The van der Waals surface area contributed by atoms with Crippen molar-refractivity contribution in [2.45, 2.75) is 12.8 Å². The van der Waals surface area contributed by atoms with Crippen molar-refractivity contribution in [3.05, 3.63) is 71.2 Å². The van der Waals surface area contributed by atoms with Gasteiger partial charge in [-0.3, -0.25) is 5.10 Å². The minimum Gasteiger partial charge on any atom is -0.504 e. The maximum Gasteiger partial charge on any atom is 0.244 e. The lowest BCUT2D eigenvalue weighted by molar-refractivity contribution is 0.372. The lowest BCUT2D eigenvalue weighted by Crippen LogP contribution is -2.16. The lowest BCUT2D eigenvalue weighted by atomic mass is 9.84. The molecule has 0 aliphatic carbocycles. The number of anilines is 2.